The minimum absolute atomic E-state index is 0.172. The molecule has 1 heterocycles. The number of carboxylic acid groups (broad SMARTS) is 1. The molecule has 1 aliphatic rings. The minimum Gasteiger partial charge on any atom is -0.480 e. The number of amides is 1. The standard InChI is InChI=1S/C13H24N2O3/c1-3-13(2,12(17)18)15-11(16)8-7-10-6-4-5-9-14-10/h10,14H,3-9H2,1-2H3,(H,15,16)(H,17,18). The molecule has 5 heteroatoms. The summed E-state index contributed by atoms with van der Waals surface area (Å²) in [4.78, 5) is 22.8. The maximum Gasteiger partial charge on any atom is 0.329 e. The Morgan fingerprint density at radius 3 is 2.67 bits per heavy atom. The summed E-state index contributed by atoms with van der Waals surface area (Å²) < 4.78 is 0. The smallest absolute Gasteiger partial charge is 0.329 e. The second-order valence-electron chi connectivity index (χ2n) is 5.22. The van der Waals surface area contributed by atoms with E-state index >= 15 is 0 Å². The first-order valence-electron chi connectivity index (χ1n) is 6.75. The zero-order valence-electron chi connectivity index (χ0n) is 11.3. The molecule has 0 aromatic rings. The minimum atomic E-state index is -1.14. The predicted molar refractivity (Wildman–Crippen MR) is 69.4 cm³/mol. The summed E-state index contributed by atoms with van der Waals surface area (Å²) in [7, 11) is 0. The van der Waals surface area contributed by atoms with Gasteiger partial charge in [-0.15, -0.1) is 0 Å². The van der Waals surface area contributed by atoms with Crippen molar-refractivity contribution in [3.05, 3.63) is 0 Å². The number of carboxylic acids is 1. The van der Waals surface area contributed by atoms with Crippen LogP contribution in [0.3, 0.4) is 0 Å². The van der Waals surface area contributed by atoms with Crippen molar-refractivity contribution in [1.82, 2.24) is 10.6 Å². The van der Waals surface area contributed by atoms with Crippen LogP contribution >= 0.6 is 0 Å². The molecule has 0 radical (unpaired) electrons. The molecule has 1 rings (SSSR count). The van der Waals surface area contributed by atoms with Gasteiger partial charge >= 0.3 is 5.97 Å². The Morgan fingerprint density at radius 2 is 2.17 bits per heavy atom. The molecular formula is C13H24N2O3. The summed E-state index contributed by atoms with van der Waals surface area (Å²) in [5, 5.41) is 15.1. The number of aliphatic carboxylic acids is 1. The largest absolute Gasteiger partial charge is 0.480 e. The van der Waals surface area contributed by atoms with Gasteiger partial charge in [-0.25, -0.2) is 4.79 Å². The van der Waals surface area contributed by atoms with Crippen molar-refractivity contribution in [3.63, 3.8) is 0 Å². The van der Waals surface area contributed by atoms with Crippen molar-refractivity contribution in [2.75, 3.05) is 6.54 Å². The van der Waals surface area contributed by atoms with Crippen LogP contribution in [0.15, 0.2) is 0 Å². The molecule has 104 valence electrons. The Morgan fingerprint density at radius 1 is 1.44 bits per heavy atom. The second-order valence-corrected chi connectivity index (χ2v) is 5.22. The van der Waals surface area contributed by atoms with Gasteiger partial charge in [0, 0.05) is 12.5 Å². The summed E-state index contributed by atoms with van der Waals surface area (Å²) >= 11 is 0. The number of carbonyl (C=O) groups is 2. The predicted octanol–water partition coefficient (Wildman–Crippen LogP) is 1.28. The molecule has 0 aliphatic carbocycles. The van der Waals surface area contributed by atoms with E-state index in [0.717, 1.165) is 19.4 Å². The van der Waals surface area contributed by atoms with Gasteiger partial charge < -0.3 is 15.7 Å². The van der Waals surface area contributed by atoms with Gasteiger partial charge in [0.1, 0.15) is 5.54 Å². The number of nitrogens with one attached hydrogen (secondary N) is 2. The van der Waals surface area contributed by atoms with E-state index in [2.05, 4.69) is 10.6 Å². The maximum absolute atomic E-state index is 11.8. The van der Waals surface area contributed by atoms with E-state index in [0.29, 0.717) is 18.9 Å². The average Bonchev–Trinajstić information content (AvgIpc) is 2.37. The summed E-state index contributed by atoms with van der Waals surface area (Å²) in [6, 6.07) is 0.405. The van der Waals surface area contributed by atoms with Crippen molar-refractivity contribution >= 4 is 11.9 Å². The lowest BCUT2D eigenvalue weighted by atomic mass is 9.97. The van der Waals surface area contributed by atoms with Gasteiger partial charge in [0.15, 0.2) is 0 Å². The van der Waals surface area contributed by atoms with Gasteiger partial charge in [-0.3, -0.25) is 4.79 Å². The fourth-order valence-electron chi connectivity index (χ4n) is 2.14. The molecule has 3 N–H and O–H groups in total. The lowest BCUT2D eigenvalue weighted by Gasteiger charge is -2.26. The van der Waals surface area contributed by atoms with Crippen LogP contribution < -0.4 is 10.6 Å². The van der Waals surface area contributed by atoms with Crippen LogP contribution in [0.5, 0.6) is 0 Å². The first kappa shape index (κ1) is 15.0. The third-order valence-corrected chi connectivity index (χ3v) is 3.73. The highest BCUT2D eigenvalue weighted by atomic mass is 16.4. The Kier molecular flexibility index (Phi) is 5.59. The summed E-state index contributed by atoms with van der Waals surface area (Å²) in [5.41, 5.74) is -1.14. The molecule has 1 fully saturated rings. The highest BCUT2D eigenvalue weighted by Crippen LogP contribution is 2.13. The number of rotatable bonds is 6. The highest BCUT2D eigenvalue weighted by molar-refractivity contribution is 5.86. The van der Waals surface area contributed by atoms with Crippen LogP contribution in [-0.2, 0) is 9.59 Å². The van der Waals surface area contributed by atoms with Crippen LogP contribution in [0.4, 0.5) is 0 Å². The highest BCUT2D eigenvalue weighted by Gasteiger charge is 2.32. The van der Waals surface area contributed by atoms with Crippen molar-refractivity contribution < 1.29 is 14.7 Å². The molecule has 5 nitrogen and oxygen atoms in total. The first-order valence-corrected chi connectivity index (χ1v) is 6.75. The van der Waals surface area contributed by atoms with E-state index in [1.807, 2.05) is 0 Å². The second kappa shape index (κ2) is 6.73. The molecule has 1 aliphatic heterocycles. The average molecular weight is 256 g/mol. The zero-order chi connectivity index (χ0) is 13.6. The Hall–Kier alpha value is -1.10. The van der Waals surface area contributed by atoms with E-state index in [-0.39, 0.29) is 5.91 Å². The monoisotopic (exact) mass is 256 g/mol. The molecule has 0 aromatic heterocycles. The molecule has 0 spiro atoms. The van der Waals surface area contributed by atoms with Crippen molar-refractivity contribution in [3.8, 4) is 0 Å². The molecule has 2 atom stereocenters. The normalized spacial score (nSPS) is 23.1. The molecule has 18 heavy (non-hydrogen) atoms. The van der Waals surface area contributed by atoms with Crippen LogP contribution in [-0.4, -0.2) is 35.1 Å². The topological polar surface area (TPSA) is 78.4 Å². The molecule has 0 saturated carbocycles. The van der Waals surface area contributed by atoms with Gasteiger partial charge in [-0.05, 0) is 39.2 Å². The van der Waals surface area contributed by atoms with Crippen molar-refractivity contribution in [1.29, 1.82) is 0 Å². The van der Waals surface area contributed by atoms with E-state index < -0.39 is 11.5 Å². The maximum atomic E-state index is 11.8. The van der Waals surface area contributed by atoms with E-state index in [1.54, 1.807) is 13.8 Å². The van der Waals surface area contributed by atoms with Crippen molar-refractivity contribution in [2.24, 2.45) is 0 Å². The van der Waals surface area contributed by atoms with Crippen LogP contribution in [0.1, 0.15) is 52.4 Å². The van der Waals surface area contributed by atoms with Gasteiger partial charge in [0.25, 0.3) is 0 Å². The van der Waals surface area contributed by atoms with Crippen molar-refractivity contribution in [2.45, 2.75) is 64.0 Å². The summed E-state index contributed by atoms with van der Waals surface area (Å²) in [6.07, 6.45) is 5.08. The van der Waals surface area contributed by atoms with Crippen LogP contribution in [0.25, 0.3) is 0 Å². The zero-order valence-corrected chi connectivity index (χ0v) is 11.3. The van der Waals surface area contributed by atoms with Gasteiger partial charge in [-0.1, -0.05) is 13.3 Å². The number of piperidine rings is 1. The number of hydrogen-bond acceptors (Lipinski definition) is 3. The van der Waals surface area contributed by atoms with E-state index in [1.165, 1.54) is 12.8 Å². The van der Waals surface area contributed by atoms with E-state index in [4.69, 9.17) is 5.11 Å². The number of carbonyl (C=O) groups excluding carboxylic acids is 1. The molecule has 1 amide bonds. The van der Waals surface area contributed by atoms with E-state index in [9.17, 15) is 9.59 Å². The van der Waals surface area contributed by atoms with Crippen LogP contribution in [0.2, 0.25) is 0 Å². The lowest BCUT2D eigenvalue weighted by Crippen LogP contribution is -2.51. The Balaban J connectivity index is 2.34. The molecule has 1 saturated heterocycles. The first-order chi connectivity index (χ1) is 8.48. The fourth-order valence-corrected chi connectivity index (χ4v) is 2.14. The summed E-state index contributed by atoms with van der Waals surface area (Å²) in [6.45, 7) is 4.33. The molecule has 2 unspecified atom stereocenters. The fraction of sp³-hybridized carbons (Fsp3) is 0.846. The Bertz CT molecular complexity index is 301. The third kappa shape index (κ3) is 4.29. The molecule has 0 bridgehead atoms. The SMILES string of the molecule is CCC(C)(NC(=O)CCC1CCCCN1)C(=O)O. The quantitative estimate of drug-likeness (QED) is 0.669. The number of hydrogen-bond donors (Lipinski definition) is 3. The summed E-state index contributed by atoms with van der Waals surface area (Å²) in [5.74, 6) is -1.15. The van der Waals surface area contributed by atoms with Crippen LogP contribution in [0, 0.1) is 0 Å². The molecule has 0 aromatic carbocycles. The van der Waals surface area contributed by atoms with Gasteiger partial charge in [-0.2, -0.15) is 0 Å². The van der Waals surface area contributed by atoms with Gasteiger partial charge in [0.2, 0.25) is 5.91 Å². The lowest BCUT2D eigenvalue weighted by molar-refractivity contribution is -0.147. The third-order valence-electron chi connectivity index (χ3n) is 3.73. The molecular weight excluding hydrogens is 232 g/mol. The Labute approximate surface area is 108 Å². The van der Waals surface area contributed by atoms with Gasteiger partial charge in [0.05, 0.1) is 0 Å².